The molecule has 1 saturated heterocycles. The van der Waals surface area contributed by atoms with Gasteiger partial charge in [0.2, 0.25) is 10.0 Å². The molecule has 0 aliphatic carbocycles. The fraction of sp³-hybridized carbons (Fsp3) is 0.273. The van der Waals surface area contributed by atoms with Gasteiger partial charge < -0.3 is 0 Å². The number of nitrogens with one attached hydrogen (secondary N) is 1. The second kappa shape index (κ2) is 10.8. The summed E-state index contributed by atoms with van der Waals surface area (Å²) >= 11 is 3.31. The number of benzene rings is 2. The predicted molar refractivity (Wildman–Crippen MR) is 126 cm³/mol. The van der Waals surface area contributed by atoms with E-state index in [1.54, 1.807) is 30.5 Å². The van der Waals surface area contributed by atoms with E-state index >= 15 is 0 Å². The lowest BCUT2D eigenvalue weighted by Crippen LogP contribution is -2.50. The van der Waals surface area contributed by atoms with Crippen LogP contribution in [0.4, 0.5) is 0 Å². The third-order valence-corrected chi connectivity index (χ3v) is 7.24. The molecule has 0 aromatic heterocycles. The Hall–Kier alpha value is -2.33. The average Bonchev–Trinajstić information content (AvgIpc) is 2.75. The van der Waals surface area contributed by atoms with Crippen LogP contribution in [0.5, 0.6) is 0 Å². The van der Waals surface area contributed by atoms with Gasteiger partial charge in [-0.05, 0) is 42.3 Å². The van der Waals surface area contributed by atoms with Gasteiger partial charge >= 0.3 is 0 Å². The average molecular weight is 505 g/mol. The summed E-state index contributed by atoms with van der Waals surface area (Å²) in [5, 5.41) is 4.00. The Bertz CT molecular complexity index is 1050. The van der Waals surface area contributed by atoms with Crippen molar-refractivity contribution in [2.24, 2.45) is 5.10 Å². The topological polar surface area (TPSA) is 82.1 Å². The fourth-order valence-corrected chi connectivity index (χ4v) is 4.86. The van der Waals surface area contributed by atoms with Gasteiger partial charge in [-0.15, -0.1) is 0 Å². The normalized spacial score (nSPS) is 16.5. The molecule has 0 radical (unpaired) electrons. The molecular weight excluding hydrogens is 480 g/mol. The minimum Gasteiger partial charge on any atom is -0.292 e. The highest BCUT2D eigenvalue weighted by atomic mass is 79.9. The van der Waals surface area contributed by atoms with Crippen LogP contribution in [0.1, 0.15) is 12.5 Å². The smallest absolute Gasteiger partial charge is 0.254 e. The van der Waals surface area contributed by atoms with Crippen molar-refractivity contribution in [2.75, 3.05) is 32.7 Å². The van der Waals surface area contributed by atoms with Crippen LogP contribution in [-0.2, 0) is 14.8 Å². The number of amides is 1. The number of allylic oxidation sites excluding steroid dienone is 1. The maximum Gasteiger partial charge on any atom is 0.254 e. The molecule has 1 aliphatic rings. The number of hydrogen-bond acceptors (Lipinski definition) is 5. The van der Waals surface area contributed by atoms with Gasteiger partial charge in [-0.1, -0.05) is 52.3 Å². The summed E-state index contributed by atoms with van der Waals surface area (Å²) < 4.78 is 27.8. The minimum atomic E-state index is -3.52. The van der Waals surface area contributed by atoms with Crippen molar-refractivity contribution in [1.82, 2.24) is 14.6 Å². The highest BCUT2D eigenvalue weighted by Crippen LogP contribution is 2.20. The van der Waals surface area contributed by atoms with Crippen LogP contribution in [-0.4, -0.2) is 62.5 Å². The Morgan fingerprint density at radius 2 is 1.71 bits per heavy atom. The lowest BCUT2D eigenvalue weighted by Gasteiger charge is -2.33. The van der Waals surface area contributed by atoms with E-state index in [4.69, 9.17) is 0 Å². The molecule has 3 rings (SSSR count). The van der Waals surface area contributed by atoms with Gasteiger partial charge in [0.05, 0.1) is 17.7 Å². The van der Waals surface area contributed by atoms with Gasteiger partial charge in [-0.2, -0.15) is 9.41 Å². The molecule has 2 aromatic carbocycles. The fourth-order valence-electron chi connectivity index (χ4n) is 3.18. The van der Waals surface area contributed by atoms with E-state index in [1.165, 1.54) is 4.31 Å². The summed E-state index contributed by atoms with van der Waals surface area (Å²) in [6.45, 7) is 3.74. The Morgan fingerprint density at radius 1 is 1.06 bits per heavy atom. The van der Waals surface area contributed by atoms with Crippen LogP contribution in [0.15, 0.2) is 74.6 Å². The molecule has 164 valence electrons. The van der Waals surface area contributed by atoms with Crippen molar-refractivity contribution >= 4 is 44.2 Å². The maximum absolute atomic E-state index is 12.8. The highest BCUT2D eigenvalue weighted by molar-refractivity contribution is 9.10. The molecule has 1 aliphatic heterocycles. The van der Waals surface area contributed by atoms with Crippen LogP contribution in [0.3, 0.4) is 0 Å². The molecule has 0 unspecified atom stereocenters. The Kier molecular flexibility index (Phi) is 8.14. The zero-order valence-electron chi connectivity index (χ0n) is 17.2. The summed E-state index contributed by atoms with van der Waals surface area (Å²) in [6.07, 6.45) is 3.58. The standard InChI is InChI=1S/C22H25BrN4O3S/c1-18(15-19-5-3-2-4-6-19)16-24-25-22(28)17-26-11-13-27(14-12-26)31(29,30)21-9-7-20(23)8-10-21/h2-10,15-16H,11-14,17H2,1H3,(H,25,28)/b18-15+,24-16-. The van der Waals surface area contributed by atoms with E-state index in [9.17, 15) is 13.2 Å². The van der Waals surface area contributed by atoms with Crippen LogP contribution in [0.25, 0.3) is 6.08 Å². The van der Waals surface area contributed by atoms with Gasteiger partial charge in [0.1, 0.15) is 0 Å². The number of hydrogen-bond donors (Lipinski definition) is 1. The molecule has 0 spiro atoms. The number of carbonyl (C=O) groups is 1. The molecule has 31 heavy (non-hydrogen) atoms. The SMILES string of the molecule is CC(/C=N\NC(=O)CN1CCN(S(=O)(=O)c2ccc(Br)cc2)CC1)=C\c1ccccc1. The zero-order chi connectivity index (χ0) is 22.3. The van der Waals surface area contributed by atoms with E-state index in [-0.39, 0.29) is 17.3 Å². The lowest BCUT2D eigenvalue weighted by atomic mass is 10.1. The summed E-state index contributed by atoms with van der Waals surface area (Å²) in [6, 6.07) is 16.5. The van der Waals surface area contributed by atoms with E-state index < -0.39 is 10.0 Å². The Morgan fingerprint density at radius 3 is 2.35 bits per heavy atom. The van der Waals surface area contributed by atoms with E-state index in [1.807, 2.05) is 48.2 Å². The first kappa shape index (κ1) is 23.3. The van der Waals surface area contributed by atoms with E-state index in [0.29, 0.717) is 26.2 Å². The van der Waals surface area contributed by atoms with Crippen molar-refractivity contribution < 1.29 is 13.2 Å². The highest BCUT2D eigenvalue weighted by Gasteiger charge is 2.28. The third-order valence-electron chi connectivity index (χ3n) is 4.80. The van der Waals surface area contributed by atoms with Crippen LogP contribution in [0, 0.1) is 0 Å². The van der Waals surface area contributed by atoms with Crippen molar-refractivity contribution in [3.63, 3.8) is 0 Å². The number of halogens is 1. The Labute approximate surface area is 191 Å². The minimum absolute atomic E-state index is 0.172. The van der Waals surface area contributed by atoms with Crippen LogP contribution >= 0.6 is 15.9 Å². The van der Waals surface area contributed by atoms with Gasteiger partial charge in [-0.25, -0.2) is 13.8 Å². The molecule has 2 aromatic rings. The first-order valence-corrected chi connectivity index (χ1v) is 12.1. The van der Waals surface area contributed by atoms with Gasteiger partial charge in [0.15, 0.2) is 0 Å². The summed E-state index contributed by atoms with van der Waals surface area (Å²) in [5.41, 5.74) is 4.51. The van der Waals surface area contributed by atoms with Crippen molar-refractivity contribution in [2.45, 2.75) is 11.8 Å². The quantitative estimate of drug-likeness (QED) is 0.464. The van der Waals surface area contributed by atoms with E-state index in [2.05, 4.69) is 26.5 Å². The summed E-state index contributed by atoms with van der Waals surface area (Å²) in [5.74, 6) is -0.229. The first-order chi connectivity index (χ1) is 14.8. The molecule has 1 heterocycles. The zero-order valence-corrected chi connectivity index (χ0v) is 19.6. The molecule has 9 heteroatoms. The molecule has 1 fully saturated rings. The number of sulfonamides is 1. The number of rotatable bonds is 7. The van der Waals surface area contributed by atoms with Crippen LogP contribution < -0.4 is 5.43 Å². The molecule has 0 bridgehead atoms. The first-order valence-electron chi connectivity index (χ1n) is 9.88. The molecule has 0 saturated carbocycles. The molecule has 1 N–H and O–H groups in total. The number of hydrazone groups is 1. The Balaban J connectivity index is 1.45. The summed E-state index contributed by atoms with van der Waals surface area (Å²) in [7, 11) is -3.52. The number of carbonyl (C=O) groups excluding carboxylic acids is 1. The summed E-state index contributed by atoms with van der Waals surface area (Å²) in [4.78, 5) is 14.4. The van der Waals surface area contributed by atoms with Gasteiger partial charge in [0, 0.05) is 30.7 Å². The number of nitrogens with zero attached hydrogens (tertiary/aromatic N) is 3. The second-order valence-corrected chi connectivity index (χ2v) is 10.1. The third kappa shape index (κ3) is 6.83. The monoisotopic (exact) mass is 504 g/mol. The van der Waals surface area contributed by atoms with Crippen molar-refractivity contribution in [1.29, 1.82) is 0 Å². The molecule has 1 amide bonds. The van der Waals surface area contributed by atoms with Crippen molar-refractivity contribution in [3.05, 3.63) is 70.2 Å². The molecule has 0 atom stereocenters. The van der Waals surface area contributed by atoms with Gasteiger partial charge in [0.25, 0.3) is 5.91 Å². The van der Waals surface area contributed by atoms with E-state index in [0.717, 1.165) is 15.6 Å². The van der Waals surface area contributed by atoms with Gasteiger partial charge in [-0.3, -0.25) is 9.69 Å². The van der Waals surface area contributed by atoms with Crippen LogP contribution in [0.2, 0.25) is 0 Å². The molecule has 7 nitrogen and oxygen atoms in total. The van der Waals surface area contributed by atoms with Crippen molar-refractivity contribution in [3.8, 4) is 0 Å². The predicted octanol–water partition coefficient (Wildman–Crippen LogP) is 2.96. The second-order valence-electron chi connectivity index (χ2n) is 7.23. The lowest BCUT2D eigenvalue weighted by molar-refractivity contribution is -0.122. The largest absolute Gasteiger partial charge is 0.292 e. The molecular formula is C22H25BrN4O3S. The maximum atomic E-state index is 12.8. The number of piperazine rings is 1.